The largest absolute Gasteiger partial charge is 0.347 e. The third-order valence-corrected chi connectivity index (χ3v) is 5.52. The zero-order valence-electron chi connectivity index (χ0n) is 15.3. The van der Waals surface area contributed by atoms with E-state index in [2.05, 4.69) is 16.1 Å². The molecule has 2 rings (SSSR count). The van der Waals surface area contributed by atoms with Crippen LogP contribution in [0.3, 0.4) is 0 Å². The number of nitrogens with one attached hydrogen (secondary N) is 2. The van der Waals surface area contributed by atoms with Crippen molar-refractivity contribution in [3.05, 3.63) is 41.5 Å². The van der Waals surface area contributed by atoms with Crippen molar-refractivity contribution >= 4 is 15.9 Å². The third kappa shape index (κ3) is 6.29. The van der Waals surface area contributed by atoms with Gasteiger partial charge in [-0.05, 0) is 77.1 Å². The second kappa shape index (κ2) is 8.15. The molecule has 0 saturated heterocycles. The molecule has 0 radical (unpaired) electrons. The molecule has 1 aliphatic carbocycles. The summed E-state index contributed by atoms with van der Waals surface area (Å²) in [6, 6.07) is 6.03. The van der Waals surface area contributed by atoms with E-state index in [0.29, 0.717) is 12.1 Å². The molecule has 0 unspecified atom stereocenters. The van der Waals surface area contributed by atoms with Gasteiger partial charge in [0, 0.05) is 17.6 Å². The van der Waals surface area contributed by atoms with E-state index in [1.807, 2.05) is 20.8 Å². The quantitative estimate of drug-likeness (QED) is 0.760. The number of sulfonamides is 1. The van der Waals surface area contributed by atoms with Gasteiger partial charge in [0.25, 0.3) is 5.91 Å². The highest BCUT2D eigenvalue weighted by molar-refractivity contribution is 7.89. The molecule has 0 atom stereocenters. The first-order valence-electron chi connectivity index (χ1n) is 8.77. The monoisotopic (exact) mass is 364 g/mol. The molecule has 0 bridgehead atoms. The average Bonchev–Trinajstić information content (AvgIpc) is 2.54. The van der Waals surface area contributed by atoms with Gasteiger partial charge in [0.15, 0.2) is 0 Å². The van der Waals surface area contributed by atoms with E-state index >= 15 is 0 Å². The van der Waals surface area contributed by atoms with Crippen LogP contribution in [0.2, 0.25) is 0 Å². The van der Waals surface area contributed by atoms with Crippen LogP contribution in [0.4, 0.5) is 0 Å². The van der Waals surface area contributed by atoms with Crippen molar-refractivity contribution in [1.29, 1.82) is 0 Å². The van der Waals surface area contributed by atoms with Crippen LogP contribution in [0.5, 0.6) is 0 Å². The van der Waals surface area contributed by atoms with Crippen molar-refractivity contribution in [2.45, 2.75) is 63.3 Å². The van der Waals surface area contributed by atoms with Crippen molar-refractivity contribution < 1.29 is 13.2 Å². The summed E-state index contributed by atoms with van der Waals surface area (Å²) in [5, 5.41) is 2.85. The molecule has 0 fully saturated rings. The lowest BCUT2D eigenvalue weighted by molar-refractivity contribution is 0.0919. The number of allylic oxidation sites excluding steroid dienone is 1. The average molecular weight is 365 g/mol. The molecule has 25 heavy (non-hydrogen) atoms. The first kappa shape index (κ1) is 19.7. The minimum absolute atomic E-state index is 0.178. The van der Waals surface area contributed by atoms with E-state index in [4.69, 9.17) is 0 Å². The molecule has 0 aromatic heterocycles. The summed E-state index contributed by atoms with van der Waals surface area (Å²) in [5.41, 5.74) is 1.45. The second-order valence-corrected chi connectivity index (χ2v) is 9.25. The molecule has 1 aliphatic rings. The van der Waals surface area contributed by atoms with Gasteiger partial charge in [-0.2, -0.15) is 0 Å². The van der Waals surface area contributed by atoms with Crippen LogP contribution in [-0.4, -0.2) is 26.4 Å². The van der Waals surface area contributed by atoms with E-state index in [9.17, 15) is 13.2 Å². The summed E-state index contributed by atoms with van der Waals surface area (Å²) in [5.74, 6) is -0.214. The third-order valence-electron chi connectivity index (χ3n) is 4.04. The highest BCUT2D eigenvalue weighted by Gasteiger charge is 2.17. The van der Waals surface area contributed by atoms with Gasteiger partial charge < -0.3 is 5.32 Å². The summed E-state index contributed by atoms with van der Waals surface area (Å²) in [7, 11) is -3.55. The topological polar surface area (TPSA) is 75.3 Å². The lowest BCUT2D eigenvalue weighted by atomic mass is 9.97. The van der Waals surface area contributed by atoms with Crippen molar-refractivity contribution in [2.75, 3.05) is 6.54 Å². The number of hydrogen-bond donors (Lipinski definition) is 2. The van der Waals surface area contributed by atoms with Crippen molar-refractivity contribution in [3.8, 4) is 0 Å². The molecule has 6 heteroatoms. The fraction of sp³-hybridized carbons (Fsp3) is 0.526. The van der Waals surface area contributed by atoms with E-state index in [-0.39, 0.29) is 16.3 Å². The van der Waals surface area contributed by atoms with Gasteiger partial charge in [0.2, 0.25) is 10.0 Å². The SMILES string of the molecule is CC(C)(C)NC(=O)c1ccc(S(=O)(=O)NCCC2=CCCCC2)cc1. The lowest BCUT2D eigenvalue weighted by Crippen LogP contribution is -2.40. The molecule has 0 spiro atoms. The Labute approximate surface area is 151 Å². The number of benzene rings is 1. The second-order valence-electron chi connectivity index (χ2n) is 7.48. The summed E-state index contributed by atoms with van der Waals surface area (Å²) in [6.45, 7) is 6.10. The van der Waals surface area contributed by atoms with Crippen LogP contribution in [0, 0.1) is 0 Å². The van der Waals surface area contributed by atoms with Gasteiger partial charge in [-0.1, -0.05) is 11.6 Å². The normalized spacial score (nSPS) is 15.6. The van der Waals surface area contributed by atoms with E-state index < -0.39 is 10.0 Å². The van der Waals surface area contributed by atoms with Crippen LogP contribution >= 0.6 is 0 Å². The predicted octanol–water partition coefficient (Wildman–Crippen LogP) is 3.38. The van der Waals surface area contributed by atoms with Crippen molar-refractivity contribution in [1.82, 2.24) is 10.0 Å². The van der Waals surface area contributed by atoms with Crippen LogP contribution in [0.15, 0.2) is 40.8 Å². The smallest absolute Gasteiger partial charge is 0.251 e. The maximum Gasteiger partial charge on any atom is 0.251 e. The fourth-order valence-electron chi connectivity index (χ4n) is 2.76. The predicted molar refractivity (Wildman–Crippen MR) is 100 cm³/mol. The van der Waals surface area contributed by atoms with Crippen LogP contribution in [0.25, 0.3) is 0 Å². The molecule has 1 aromatic carbocycles. The van der Waals surface area contributed by atoms with Crippen LogP contribution in [-0.2, 0) is 10.0 Å². The Balaban J connectivity index is 1.95. The number of hydrogen-bond acceptors (Lipinski definition) is 3. The standard InChI is InChI=1S/C19H28N2O3S/c1-19(2,3)21-18(22)16-9-11-17(12-10-16)25(23,24)20-14-13-15-7-5-4-6-8-15/h7,9-12,20H,4-6,8,13-14H2,1-3H3,(H,21,22). The lowest BCUT2D eigenvalue weighted by Gasteiger charge is -2.20. The highest BCUT2D eigenvalue weighted by Crippen LogP contribution is 2.20. The maximum atomic E-state index is 12.4. The van der Waals surface area contributed by atoms with Gasteiger partial charge in [0.05, 0.1) is 4.90 Å². The summed E-state index contributed by atoms with van der Waals surface area (Å²) < 4.78 is 27.3. The molecule has 0 saturated carbocycles. The number of carbonyl (C=O) groups excluding carboxylic acids is 1. The molecule has 0 aliphatic heterocycles. The zero-order valence-corrected chi connectivity index (χ0v) is 16.1. The Hall–Kier alpha value is -1.66. The number of amides is 1. The zero-order chi connectivity index (χ0) is 18.5. The molecule has 1 aromatic rings. The summed E-state index contributed by atoms with van der Waals surface area (Å²) >= 11 is 0. The molecular formula is C19H28N2O3S. The minimum atomic E-state index is -3.55. The van der Waals surface area contributed by atoms with Gasteiger partial charge in [-0.15, -0.1) is 0 Å². The molecule has 1 amide bonds. The number of carbonyl (C=O) groups is 1. The minimum Gasteiger partial charge on any atom is -0.347 e. The maximum absolute atomic E-state index is 12.4. The Morgan fingerprint density at radius 3 is 2.36 bits per heavy atom. The first-order chi connectivity index (χ1) is 11.7. The Bertz CT molecular complexity index is 729. The molecule has 5 nitrogen and oxygen atoms in total. The highest BCUT2D eigenvalue weighted by atomic mass is 32.2. The Morgan fingerprint density at radius 2 is 1.80 bits per heavy atom. The van der Waals surface area contributed by atoms with E-state index in [1.165, 1.54) is 30.5 Å². The van der Waals surface area contributed by atoms with E-state index in [1.54, 1.807) is 12.1 Å². The summed E-state index contributed by atoms with van der Waals surface area (Å²) in [4.78, 5) is 12.3. The fourth-order valence-corrected chi connectivity index (χ4v) is 3.79. The van der Waals surface area contributed by atoms with Gasteiger partial charge in [-0.3, -0.25) is 4.79 Å². The van der Waals surface area contributed by atoms with Crippen molar-refractivity contribution in [2.24, 2.45) is 0 Å². The Kier molecular flexibility index (Phi) is 6.41. The van der Waals surface area contributed by atoms with Crippen molar-refractivity contribution in [3.63, 3.8) is 0 Å². The molecular weight excluding hydrogens is 336 g/mol. The molecule has 0 heterocycles. The van der Waals surface area contributed by atoms with E-state index in [0.717, 1.165) is 19.3 Å². The number of rotatable bonds is 6. The Morgan fingerprint density at radius 1 is 1.12 bits per heavy atom. The van der Waals surface area contributed by atoms with Gasteiger partial charge in [0.1, 0.15) is 0 Å². The molecule has 2 N–H and O–H groups in total. The van der Waals surface area contributed by atoms with Gasteiger partial charge >= 0.3 is 0 Å². The summed E-state index contributed by atoms with van der Waals surface area (Å²) in [6.07, 6.45) is 7.56. The van der Waals surface area contributed by atoms with Crippen LogP contribution < -0.4 is 10.0 Å². The molecule has 138 valence electrons. The van der Waals surface area contributed by atoms with Crippen LogP contribution in [0.1, 0.15) is 63.2 Å². The first-order valence-corrected chi connectivity index (χ1v) is 10.3. The van der Waals surface area contributed by atoms with Gasteiger partial charge in [-0.25, -0.2) is 13.1 Å².